The molecule has 1 heterocycles. The highest BCUT2D eigenvalue weighted by molar-refractivity contribution is 7.99. The molecule has 5 rings (SSSR count). The van der Waals surface area contributed by atoms with Crippen LogP contribution in [0.25, 0.3) is 33.0 Å². The van der Waals surface area contributed by atoms with Gasteiger partial charge >= 0.3 is 0 Å². The lowest BCUT2D eigenvalue weighted by molar-refractivity contribution is 0.487. The predicted octanol–water partition coefficient (Wildman–Crippen LogP) is 7.00. The average molecular weight is 340 g/mol. The Morgan fingerprint density at radius 2 is 1.32 bits per heavy atom. The van der Waals surface area contributed by atoms with E-state index in [9.17, 15) is 0 Å². The lowest BCUT2D eigenvalue weighted by Crippen LogP contribution is -1.89. The summed E-state index contributed by atoms with van der Waals surface area (Å²) in [5, 5.41) is 2.56. The molecule has 4 aromatic carbocycles. The Hall–Kier alpha value is -2.71. The smallest absolute Gasteiger partial charge is 0.135 e. The number of para-hydroxylation sites is 2. The quantitative estimate of drug-likeness (QED) is 0.304. The summed E-state index contributed by atoms with van der Waals surface area (Å²) in [7, 11) is 0. The normalized spacial score (nSPS) is 11.9. The van der Waals surface area contributed by atoms with Gasteiger partial charge in [-0.05, 0) is 40.8 Å². The van der Waals surface area contributed by atoms with E-state index in [1.54, 1.807) is 11.8 Å². The first-order valence-electron chi connectivity index (χ1n) is 8.33. The zero-order valence-electron chi connectivity index (χ0n) is 13.8. The van der Waals surface area contributed by atoms with E-state index in [2.05, 4.69) is 73.0 Å². The Kier molecular flexibility index (Phi) is 3.32. The van der Waals surface area contributed by atoms with Crippen molar-refractivity contribution in [2.45, 2.75) is 4.90 Å². The molecule has 25 heavy (non-hydrogen) atoms. The first-order valence-corrected chi connectivity index (χ1v) is 9.55. The Morgan fingerprint density at radius 1 is 0.680 bits per heavy atom. The Morgan fingerprint density at radius 3 is 2.12 bits per heavy atom. The van der Waals surface area contributed by atoms with Crippen LogP contribution in [0.2, 0.25) is 0 Å². The molecular weight excluding hydrogens is 324 g/mol. The molecule has 4 aromatic rings. The van der Waals surface area contributed by atoms with Gasteiger partial charge in [0.15, 0.2) is 0 Å². The molecule has 0 N–H and O–H groups in total. The SMILES string of the molecule is CSc1c2c(cc3ccccc13)-c1ccccc1Oc1ccccc1-2. The number of ether oxygens (including phenoxy) is 1. The molecule has 0 aromatic heterocycles. The third-order valence-electron chi connectivity index (χ3n) is 4.76. The average Bonchev–Trinajstić information content (AvgIpc) is 2.81. The fraction of sp³-hybridized carbons (Fsp3) is 0.0435. The Bertz CT molecular complexity index is 1110. The summed E-state index contributed by atoms with van der Waals surface area (Å²) in [6.45, 7) is 0. The monoisotopic (exact) mass is 340 g/mol. The molecule has 0 radical (unpaired) electrons. The summed E-state index contributed by atoms with van der Waals surface area (Å²) in [6, 6.07) is 27.6. The van der Waals surface area contributed by atoms with Crippen molar-refractivity contribution in [2.75, 3.05) is 6.26 Å². The minimum atomic E-state index is 0.913. The van der Waals surface area contributed by atoms with Crippen molar-refractivity contribution in [1.29, 1.82) is 0 Å². The highest BCUT2D eigenvalue weighted by atomic mass is 32.2. The standard InChI is InChI=1S/C23H16OS/c1-25-23-16-9-3-2-8-15(16)14-19-17-10-4-6-12-20(17)24-21-13-7-5-11-18(21)22(19)23/h2-14H,1H3. The van der Waals surface area contributed by atoms with Crippen molar-refractivity contribution < 1.29 is 4.74 Å². The number of thioether (sulfide) groups is 1. The number of benzene rings is 4. The van der Waals surface area contributed by atoms with E-state index < -0.39 is 0 Å². The summed E-state index contributed by atoms with van der Waals surface area (Å²) < 4.78 is 6.30. The van der Waals surface area contributed by atoms with Gasteiger partial charge < -0.3 is 4.74 Å². The lowest BCUT2D eigenvalue weighted by atomic mass is 9.91. The van der Waals surface area contributed by atoms with Gasteiger partial charge in [-0.1, -0.05) is 60.7 Å². The summed E-state index contributed by atoms with van der Waals surface area (Å²) in [5.74, 6) is 1.83. The van der Waals surface area contributed by atoms with Crippen LogP contribution in [0.3, 0.4) is 0 Å². The van der Waals surface area contributed by atoms with E-state index >= 15 is 0 Å². The number of hydrogen-bond acceptors (Lipinski definition) is 2. The van der Waals surface area contributed by atoms with Gasteiger partial charge in [-0.15, -0.1) is 11.8 Å². The van der Waals surface area contributed by atoms with Crippen molar-refractivity contribution in [1.82, 2.24) is 0 Å². The maximum Gasteiger partial charge on any atom is 0.135 e. The molecule has 0 spiro atoms. The van der Waals surface area contributed by atoms with E-state index in [4.69, 9.17) is 4.74 Å². The molecule has 120 valence electrons. The van der Waals surface area contributed by atoms with Crippen LogP contribution < -0.4 is 4.74 Å². The van der Waals surface area contributed by atoms with E-state index in [0.29, 0.717) is 0 Å². The molecule has 0 unspecified atom stereocenters. The number of hydrogen-bond donors (Lipinski definition) is 0. The van der Waals surface area contributed by atoms with Gasteiger partial charge in [0, 0.05) is 21.6 Å². The Balaban J connectivity index is 2.01. The van der Waals surface area contributed by atoms with Crippen LogP contribution in [-0.2, 0) is 0 Å². The molecule has 0 bridgehead atoms. The fourth-order valence-electron chi connectivity index (χ4n) is 3.66. The molecule has 0 atom stereocenters. The molecule has 0 saturated carbocycles. The molecule has 1 aliphatic heterocycles. The highest BCUT2D eigenvalue weighted by Crippen LogP contribution is 2.51. The molecule has 0 amide bonds. The minimum absolute atomic E-state index is 0.913. The summed E-state index contributed by atoms with van der Waals surface area (Å²) in [4.78, 5) is 1.31. The molecule has 2 heteroatoms. The molecule has 0 saturated heterocycles. The lowest BCUT2D eigenvalue weighted by Gasteiger charge is -2.16. The van der Waals surface area contributed by atoms with Crippen molar-refractivity contribution in [3.63, 3.8) is 0 Å². The van der Waals surface area contributed by atoms with E-state index in [-0.39, 0.29) is 0 Å². The van der Waals surface area contributed by atoms with Crippen LogP contribution in [0.4, 0.5) is 0 Å². The zero-order chi connectivity index (χ0) is 16.8. The second-order valence-corrected chi connectivity index (χ2v) is 6.96. The van der Waals surface area contributed by atoms with Crippen LogP contribution in [0.1, 0.15) is 0 Å². The van der Waals surface area contributed by atoms with Crippen molar-refractivity contribution >= 4 is 22.5 Å². The van der Waals surface area contributed by atoms with Crippen LogP contribution in [0.15, 0.2) is 83.8 Å². The van der Waals surface area contributed by atoms with Crippen LogP contribution in [-0.4, -0.2) is 6.26 Å². The van der Waals surface area contributed by atoms with Gasteiger partial charge in [-0.2, -0.15) is 0 Å². The first-order chi connectivity index (χ1) is 12.4. The minimum Gasteiger partial charge on any atom is -0.456 e. The molecule has 1 nitrogen and oxygen atoms in total. The fourth-order valence-corrected chi connectivity index (χ4v) is 4.49. The third-order valence-corrected chi connectivity index (χ3v) is 5.59. The Labute approximate surface area is 151 Å². The second kappa shape index (κ2) is 5.68. The van der Waals surface area contributed by atoms with Gasteiger partial charge in [0.25, 0.3) is 0 Å². The van der Waals surface area contributed by atoms with Crippen LogP contribution in [0, 0.1) is 0 Å². The third kappa shape index (κ3) is 2.18. The van der Waals surface area contributed by atoms with Crippen molar-refractivity contribution in [3.8, 4) is 33.8 Å². The van der Waals surface area contributed by atoms with E-state index in [1.165, 1.54) is 26.8 Å². The van der Waals surface area contributed by atoms with Gasteiger partial charge in [0.05, 0.1) is 0 Å². The highest BCUT2D eigenvalue weighted by Gasteiger charge is 2.24. The van der Waals surface area contributed by atoms with Gasteiger partial charge in [-0.25, -0.2) is 0 Å². The van der Waals surface area contributed by atoms with Gasteiger partial charge in [0.2, 0.25) is 0 Å². The van der Waals surface area contributed by atoms with Crippen LogP contribution >= 0.6 is 11.8 Å². The van der Waals surface area contributed by atoms with Gasteiger partial charge in [0.1, 0.15) is 11.5 Å². The van der Waals surface area contributed by atoms with Crippen molar-refractivity contribution in [3.05, 3.63) is 78.9 Å². The van der Waals surface area contributed by atoms with Crippen molar-refractivity contribution in [2.24, 2.45) is 0 Å². The predicted molar refractivity (Wildman–Crippen MR) is 107 cm³/mol. The summed E-state index contributed by atoms with van der Waals surface area (Å²) >= 11 is 1.80. The maximum atomic E-state index is 6.30. The second-order valence-electron chi connectivity index (χ2n) is 6.15. The van der Waals surface area contributed by atoms with E-state index in [0.717, 1.165) is 22.6 Å². The summed E-state index contributed by atoms with van der Waals surface area (Å²) in [5.41, 5.74) is 4.81. The number of rotatable bonds is 1. The molecular formula is C23H16OS. The molecule has 1 aliphatic rings. The number of fused-ring (bicyclic) bond motifs is 6. The molecule has 0 fully saturated rings. The van der Waals surface area contributed by atoms with Crippen LogP contribution in [0.5, 0.6) is 11.5 Å². The summed E-state index contributed by atoms with van der Waals surface area (Å²) in [6.07, 6.45) is 2.16. The van der Waals surface area contributed by atoms with E-state index in [1.807, 2.05) is 12.1 Å². The maximum absolute atomic E-state index is 6.30. The topological polar surface area (TPSA) is 9.23 Å². The largest absolute Gasteiger partial charge is 0.456 e. The molecule has 0 aliphatic carbocycles. The first kappa shape index (κ1) is 14.6. The van der Waals surface area contributed by atoms with Gasteiger partial charge in [-0.3, -0.25) is 0 Å². The zero-order valence-corrected chi connectivity index (χ0v) is 14.6.